The summed E-state index contributed by atoms with van der Waals surface area (Å²) in [6, 6.07) is 1.17. The molecule has 17 heavy (non-hydrogen) atoms. The lowest BCUT2D eigenvalue weighted by Crippen LogP contribution is -2.41. The van der Waals surface area contributed by atoms with Gasteiger partial charge in [-0.3, -0.25) is 14.3 Å². The van der Waals surface area contributed by atoms with Crippen LogP contribution in [0.3, 0.4) is 0 Å². The van der Waals surface area contributed by atoms with Gasteiger partial charge in [-0.25, -0.2) is 4.79 Å². The zero-order chi connectivity index (χ0) is 12.8. The van der Waals surface area contributed by atoms with E-state index in [2.05, 4.69) is 11.6 Å². The molecule has 0 spiro atoms. The van der Waals surface area contributed by atoms with Gasteiger partial charge in [0.1, 0.15) is 16.7 Å². The molecule has 1 aromatic rings. The highest BCUT2D eigenvalue weighted by Crippen LogP contribution is 2.43. The number of hydrogen-bond donors (Lipinski definition) is 2. The maximum absolute atomic E-state index is 11.6. The minimum Gasteiger partial charge on any atom is -0.470 e. The number of nitrogens with zero attached hydrogens (tertiary/aromatic N) is 1. The third kappa shape index (κ3) is 1.79. The predicted molar refractivity (Wildman–Crippen MR) is 60.8 cm³/mol. The van der Waals surface area contributed by atoms with Gasteiger partial charge in [0, 0.05) is 12.3 Å². The minimum absolute atomic E-state index is 0.0885. The maximum Gasteiger partial charge on any atom is 0.331 e. The van der Waals surface area contributed by atoms with Gasteiger partial charge < -0.3 is 9.84 Å². The molecule has 2 rings (SSSR count). The molecule has 3 atom stereocenters. The Balaban J connectivity index is 2.52. The number of aliphatic hydroxyl groups excluding tert-OH is 1. The number of aromatic amines is 1. The van der Waals surface area contributed by atoms with E-state index < -0.39 is 28.5 Å². The number of aliphatic hydroxyl groups is 1. The Labute approximate surface area is 101 Å². The third-order valence-electron chi connectivity index (χ3n) is 2.69. The van der Waals surface area contributed by atoms with Crippen LogP contribution in [0, 0.1) is 0 Å². The van der Waals surface area contributed by atoms with Crippen LogP contribution in [-0.2, 0) is 4.74 Å². The summed E-state index contributed by atoms with van der Waals surface area (Å²) in [6.07, 6.45) is -0.748. The van der Waals surface area contributed by atoms with Crippen molar-refractivity contribution in [1.29, 1.82) is 0 Å². The molecule has 0 aliphatic carbocycles. The standard InChI is InChI=1S/C10H11ClN2O4/c1-5-7(15)10(2,11)8(17-5)13-4-3-6(14)12-9(13)16/h3-4,7-8,15H,1H2,2H3,(H,12,14,16). The summed E-state index contributed by atoms with van der Waals surface area (Å²) < 4.78 is 6.37. The first-order valence-electron chi connectivity index (χ1n) is 4.88. The van der Waals surface area contributed by atoms with Crippen molar-refractivity contribution in [3.05, 3.63) is 45.4 Å². The van der Waals surface area contributed by atoms with E-state index in [9.17, 15) is 14.7 Å². The molecule has 3 unspecified atom stereocenters. The minimum atomic E-state index is -1.22. The average Bonchev–Trinajstić information content (AvgIpc) is 2.43. The van der Waals surface area contributed by atoms with Gasteiger partial charge in [-0.2, -0.15) is 0 Å². The molecule has 2 heterocycles. The summed E-state index contributed by atoms with van der Waals surface area (Å²) in [4.78, 5) is 23.4. The number of hydrogen-bond acceptors (Lipinski definition) is 4. The predicted octanol–water partition coefficient (Wildman–Crippen LogP) is -0.0625. The number of H-pyrrole nitrogens is 1. The maximum atomic E-state index is 11.6. The van der Waals surface area contributed by atoms with Crippen molar-refractivity contribution < 1.29 is 9.84 Å². The van der Waals surface area contributed by atoms with Gasteiger partial charge in [0.15, 0.2) is 0 Å². The van der Waals surface area contributed by atoms with Gasteiger partial charge >= 0.3 is 5.69 Å². The lowest BCUT2D eigenvalue weighted by atomic mass is 10.0. The van der Waals surface area contributed by atoms with E-state index in [0.717, 1.165) is 4.57 Å². The number of ether oxygens (including phenoxy) is 1. The van der Waals surface area contributed by atoms with Crippen molar-refractivity contribution in [3.63, 3.8) is 0 Å². The van der Waals surface area contributed by atoms with Crippen LogP contribution >= 0.6 is 11.6 Å². The Kier molecular flexibility index (Phi) is 2.63. The second kappa shape index (κ2) is 3.75. The normalized spacial score (nSPS) is 32.5. The van der Waals surface area contributed by atoms with Crippen molar-refractivity contribution in [2.75, 3.05) is 0 Å². The fourth-order valence-electron chi connectivity index (χ4n) is 1.71. The molecular formula is C10H11ClN2O4. The largest absolute Gasteiger partial charge is 0.470 e. The zero-order valence-electron chi connectivity index (χ0n) is 9.01. The van der Waals surface area contributed by atoms with Crippen molar-refractivity contribution >= 4 is 11.6 Å². The molecule has 1 saturated heterocycles. The van der Waals surface area contributed by atoms with Crippen LogP contribution in [0.2, 0.25) is 0 Å². The summed E-state index contributed by atoms with van der Waals surface area (Å²) in [5.74, 6) is 0.0885. The van der Waals surface area contributed by atoms with Gasteiger partial charge in [-0.15, -0.1) is 11.6 Å². The number of alkyl halides is 1. The van der Waals surface area contributed by atoms with E-state index in [1.165, 1.54) is 19.2 Å². The summed E-state index contributed by atoms with van der Waals surface area (Å²) in [5, 5.41) is 9.76. The van der Waals surface area contributed by atoms with Crippen LogP contribution in [0.5, 0.6) is 0 Å². The summed E-state index contributed by atoms with van der Waals surface area (Å²) in [7, 11) is 0. The van der Waals surface area contributed by atoms with E-state index >= 15 is 0 Å². The molecule has 0 saturated carbocycles. The molecular weight excluding hydrogens is 248 g/mol. The zero-order valence-corrected chi connectivity index (χ0v) is 9.77. The summed E-state index contributed by atoms with van der Waals surface area (Å²) in [5.41, 5.74) is -1.17. The molecule has 0 bridgehead atoms. The molecule has 1 aromatic heterocycles. The van der Waals surface area contributed by atoms with Crippen LogP contribution in [0.15, 0.2) is 34.2 Å². The summed E-state index contributed by atoms with van der Waals surface area (Å²) in [6.45, 7) is 5.04. The Bertz CT molecular complexity index is 574. The molecule has 0 radical (unpaired) electrons. The van der Waals surface area contributed by atoms with Crippen LogP contribution in [0.25, 0.3) is 0 Å². The van der Waals surface area contributed by atoms with E-state index in [1.807, 2.05) is 0 Å². The van der Waals surface area contributed by atoms with Crippen molar-refractivity contribution in [1.82, 2.24) is 9.55 Å². The van der Waals surface area contributed by atoms with Crippen LogP contribution in [0.1, 0.15) is 13.2 Å². The highest BCUT2D eigenvalue weighted by molar-refractivity contribution is 6.24. The van der Waals surface area contributed by atoms with E-state index in [0.29, 0.717) is 0 Å². The molecule has 1 fully saturated rings. The highest BCUT2D eigenvalue weighted by atomic mass is 35.5. The van der Waals surface area contributed by atoms with E-state index in [4.69, 9.17) is 16.3 Å². The van der Waals surface area contributed by atoms with Gasteiger partial charge in [-0.1, -0.05) is 6.58 Å². The highest BCUT2D eigenvalue weighted by Gasteiger charge is 2.50. The molecule has 6 nitrogen and oxygen atoms in total. The number of aromatic nitrogens is 2. The monoisotopic (exact) mass is 258 g/mol. The SMILES string of the molecule is C=C1OC(n2ccc(=O)[nH]c2=O)C(C)(Cl)C1O. The topological polar surface area (TPSA) is 84.3 Å². The van der Waals surface area contributed by atoms with Crippen LogP contribution in [0.4, 0.5) is 0 Å². The average molecular weight is 259 g/mol. The molecule has 92 valence electrons. The molecule has 1 aliphatic rings. The van der Waals surface area contributed by atoms with Crippen molar-refractivity contribution in [2.45, 2.75) is 24.1 Å². The fourth-order valence-corrected chi connectivity index (χ4v) is 1.98. The Morgan fingerprint density at radius 1 is 1.65 bits per heavy atom. The third-order valence-corrected chi connectivity index (χ3v) is 3.08. The molecule has 0 amide bonds. The summed E-state index contributed by atoms with van der Waals surface area (Å²) >= 11 is 6.14. The van der Waals surface area contributed by atoms with Gasteiger partial charge in [0.25, 0.3) is 5.56 Å². The first kappa shape index (κ1) is 11.9. The number of nitrogens with one attached hydrogen (secondary N) is 1. The molecule has 2 N–H and O–H groups in total. The first-order valence-corrected chi connectivity index (χ1v) is 5.25. The van der Waals surface area contributed by atoms with E-state index in [1.54, 1.807) is 0 Å². The second-order valence-electron chi connectivity index (χ2n) is 4.01. The second-order valence-corrected chi connectivity index (χ2v) is 4.82. The smallest absolute Gasteiger partial charge is 0.331 e. The lowest BCUT2D eigenvalue weighted by Gasteiger charge is -2.25. The quantitative estimate of drug-likeness (QED) is 0.691. The Morgan fingerprint density at radius 3 is 2.76 bits per heavy atom. The first-order chi connectivity index (χ1) is 7.84. The van der Waals surface area contributed by atoms with Crippen LogP contribution in [-0.4, -0.2) is 25.6 Å². The van der Waals surface area contributed by atoms with Gasteiger partial charge in [-0.05, 0) is 6.92 Å². The Hall–Kier alpha value is -1.53. The molecule has 7 heteroatoms. The Morgan fingerprint density at radius 2 is 2.29 bits per heavy atom. The lowest BCUT2D eigenvalue weighted by molar-refractivity contribution is 0.0740. The fraction of sp³-hybridized carbons (Fsp3) is 0.400. The van der Waals surface area contributed by atoms with Gasteiger partial charge in [0.2, 0.25) is 6.23 Å². The van der Waals surface area contributed by atoms with Gasteiger partial charge in [0.05, 0.1) is 0 Å². The van der Waals surface area contributed by atoms with Crippen molar-refractivity contribution in [2.24, 2.45) is 0 Å². The molecule has 1 aliphatic heterocycles. The van der Waals surface area contributed by atoms with Crippen molar-refractivity contribution in [3.8, 4) is 0 Å². The number of halogens is 1. The number of rotatable bonds is 1. The van der Waals surface area contributed by atoms with E-state index in [-0.39, 0.29) is 5.76 Å². The molecule has 0 aromatic carbocycles. The van der Waals surface area contributed by atoms with Crippen LogP contribution < -0.4 is 11.2 Å².